The zero-order valence-electron chi connectivity index (χ0n) is 7.66. The van der Waals surface area contributed by atoms with E-state index >= 15 is 0 Å². The smallest absolute Gasteiger partial charge is 0.118 e. The normalized spacial score (nSPS) is 10.3. The number of ether oxygens (including phenoxy) is 1. The van der Waals surface area contributed by atoms with Gasteiger partial charge in [-0.05, 0) is 24.1 Å². The zero-order valence-corrected chi connectivity index (χ0v) is 7.66. The number of rotatable bonds is 4. The molecule has 1 rings (SSSR count). The lowest BCUT2D eigenvalue weighted by Crippen LogP contribution is -1.99. The number of aliphatic hydroxyl groups is 1. The molecule has 0 aromatic heterocycles. The lowest BCUT2D eigenvalue weighted by atomic mass is 10.1. The number of aliphatic hydroxyl groups excluding tert-OH is 1. The van der Waals surface area contributed by atoms with Gasteiger partial charge in [0.2, 0.25) is 0 Å². The highest BCUT2D eigenvalue weighted by molar-refractivity contribution is 5.34. The Morgan fingerprint density at radius 3 is 2.77 bits per heavy atom. The fraction of sp³-hybridized carbons (Fsp3) is 0.400. The molecule has 0 unspecified atom stereocenters. The first-order valence-electron chi connectivity index (χ1n) is 4.21. The Labute approximate surface area is 77.6 Å². The van der Waals surface area contributed by atoms with Gasteiger partial charge >= 0.3 is 0 Å². The summed E-state index contributed by atoms with van der Waals surface area (Å²) in [5, 5.41) is 17.8. The lowest BCUT2D eigenvalue weighted by Gasteiger charge is -2.04. The van der Waals surface area contributed by atoms with E-state index in [0.717, 1.165) is 11.1 Å². The highest BCUT2D eigenvalue weighted by Gasteiger charge is 1.97. The van der Waals surface area contributed by atoms with Crippen molar-refractivity contribution in [3.63, 3.8) is 0 Å². The Balaban J connectivity index is 2.53. The highest BCUT2D eigenvalue weighted by atomic mass is 16.5. The second kappa shape index (κ2) is 4.84. The summed E-state index contributed by atoms with van der Waals surface area (Å²) in [6, 6.07) is 5.41. The third-order valence-electron chi connectivity index (χ3n) is 1.78. The standard InChI is InChI=1S/C10H14O3/c1-8-2-3-9(6-10(8)12)7-13-5-4-11/h2-3,6,11-12H,4-5,7H2,1H3. The molecule has 0 radical (unpaired) electrons. The van der Waals surface area contributed by atoms with Crippen LogP contribution in [-0.2, 0) is 11.3 Å². The van der Waals surface area contributed by atoms with Crippen molar-refractivity contribution in [1.82, 2.24) is 0 Å². The van der Waals surface area contributed by atoms with Gasteiger partial charge in [-0.2, -0.15) is 0 Å². The monoisotopic (exact) mass is 182 g/mol. The van der Waals surface area contributed by atoms with Crippen LogP contribution in [-0.4, -0.2) is 23.4 Å². The Hall–Kier alpha value is -1.06. The third kappa shape index (κ3) is 3.05. The van der Waals surface area contributed by atoms with Gasteiger partial charge in [-0.1, -0.05) is 12.1 Å². The van der Waals surface area contributed by atoms with Crippen molar-refractivity contribution in [3.05, 3.63) is 29.3 Å². The number of phenols is 1. The third-order valence-corrected chi connectivity index (χ3v) is 1.78. The molecule has 0 heterocycles. The van der Waals surface area contributed by atoms with E-state index in [1.165, 1.54) is 0 Å². The molecule has 0 spiro atoms. The minimum absolute atomic E-state index is 0.0256. The van der Waals surface area contributed by atoms with Crippen molar-refractivity contribution in [2.45, 2.75) is 13.5 Å². The molecule has 0 atom stereocenters. The molecule has 2 N–H and O–H groups in total. The first-order valence-corrected chi connectivity index (χ1v) is 4.21. The fourth-order valence-corrected chi connectivity index (χ4v) is 0.999. The largest absolute Gasteiger partial charge is 0.508 e. The number of hydrogen-bond donors (Lipinski definition) is 2. The minimum atomic E-state index is 0.0256. The average molecular weight is 182 g/mol. The fourth-order valence-electron chi connectivity index (χ4n) is 0.999. The van der Waals surface area contributed by atoms with Crippen molar-refractivity contribution in [3.8, 4) is 5.75 Å². The quantitative estimate of drug-likeness (QED) is 0.688. The minimum Gasteiger partial charge on any atom is -0.508 e. The van der Waals surface area contributed by atoms with Gasteiger partial charge in [0.15, 0.2) is 0 Å². The number of benzene rings is 1. The number of phenolic OH excluding ortho intramolecular Hbond substituents is 1. The summed E-state index contributed by atoms with van der Waals surface area (Å²) >= 11 is 0. The summed E-state index contributed by atoms with van der Waals surface area (Å²) in [4.78, 5) is 0. The molecule has 1 aromatic rings. The Morgan fingerprint density at radius 2 is 2.15 bits per heavy atom. The molecular weight excluding hydrogens is 168 g/mol. The van der Waals surface area contributed by atoms with Crippen LogP contribution in [0.5, 0.6) is 5.75 Å². The van der Waals surface area contributed by atoms with Crippen molar-refractivity contribution in [1.29, 1.82) is 0 Å². The lowest BCUT2D eigenvalue weighted by molar-refractivity contribution is 0.0814. The van der Waals surface area contributed by atoms with Gasteiger partial charge in [-0.3, -0.25) is 0 Å². The maximum absolute atomic E-state index is 9.35. The van der Waals surface area contributed by atoms with E-state index in [4.69, 9.17) is 9.84 Å². The molecule has 0 bridgehead atoms. The summed E-state index contributed by atoms with van der Waals surface area (Å²) < 4.78 is 5.10. The van der Waals surface area contributed by atoms with Crippen LogP contribution in [0.4, 0.5) is 0 Å². The number of aryl methyl sites for hydroxylation is 1. The van der Waals surface area contributed by atoms with Gasteiger partial charge in [-0.25, -0.2) is 0 Å². The van der Waals surface area contributed by atoms with Crippen molar-refractivity contribution < 1.29 is 14.9 Å². The molecule has 72 valence electrons. The van der Waals surface area contributed by atoms with Crippen molar-refractivity contribution in [2.24, 2.45) is 0 Å². The topological polar surface area (TPSA) is 49.7 Å². The Morgan fingerprint density at radius 1 is 1.38 bits per heavy atom. The van der Waals surface area contributed by atoms with E-state index < -0.39 is 0 Å². The molecule has 0 saturated heterocycles. The van der Waals surface area contributed by atoms with Gasteiger partial charge < -0.3 is 14.9 Å². The Kier molecular flexibility index (Phi) is 3.73. The molecule has 13 heavy (non-hydrogen) atoms. The van der Waals surface area contributed by atoms with E-state index in [0.29, 0.717) is 13.2 Å². The van der Waals surface area contributed by atoms with E-state index in [1.807, 2.05) is 19.1 Å². The van der Waals surface area contributed by atoms with Crippen LogP contribution in [0.2, 0.25) is 0 Å². The molecule has 0 aliphatic rings. The summed E-state index contributed by atoms with van der Waals surface area (Å²) in [6.45, 7) is 2.62. The first-order chi connectivity index (χ1) is 6.24. The molecule has 0 amide bonds. The molecular formula is C10H14O3. The maximum Gasteiger partial charge on any atom is 0.118 e. The average Bonchev–Trinajstić information content (AvgIpc) is 2.12. The van der Waals surface area contributed by atoms with Crippen molar-refractivity contribution >= 4 is 0 Å². The molecule has 0 aliphatic heterocycles. The maximum atomic E-state index is 9.35. The van der Waals surface area contributed by atoms with E-state index in [-0.39, 0.29) is 12.4 Å². The second-order valence-electron chi connectivity index (χ2n) is 2.90. The van der Waals surface area contributed by atoms with Gasteiger partial charge in [-0.15, -0.1) is 0 Å². The van der Waals surface area contributed by atoms with Crippen LogP contribution in [0, 0.1) is 6.92 Å². The van der Waals surface area contributed by atoms with E-state index in [1.54, 1.807) is 6.07 Å². The molecule has 0 fully saturated rings. The number of aromatic hydroxyl groups is 1. The first kappa shape index (κ1) is 10.0. The predicted octanol–water partition coefficient (Wildman–Crippen LogP) is 1.21. The zero-order chi connectivity index (χ0) is 9.68. The highest BCUT2D eigenvalue weighted by Crippen LogP contribution is 2.17. The van der Waals surface area contributed by atoms with Crippen LogP contribution in [0.25, 0.3) is 0 Å². The van der Waals surface area contributed by atoms with E-state index in [2.05, 4.69) is 0 Å². The van der Waals surface area contributed by atoms with E-state index in [9.17, 15) is 5.11 Å². The summed E-state index contributed by atoms with van der Waals surface area (Å²) in [5.41, 5.74) is 1.77. The van der Waals surface area contributed by atoms with Crippen LogP contribution < -0.4 is 0 Å². The van der Waals surface area contributed by atoms with Gasteiger partial charge in [0.25, 0.3) is 0 Å². The number of hydrogen-bond acceptors (Lipinski definition) is 3. The van der Waals surface area contributed by atoms with Gasteiger partial charge in [0, 0.05) is 0 Å². The molecule has 0 saturated carbocycles. The van der Waals surface area contributed by atoms with Gasteiger partial charge in [0.05, 0.1) is 19.8 Å². The summed E-state index contributed by atoms with van der Waals surface area (Å²) in [5.74, 6) is 0.282. The Bertz CT molecular complexity index is 271. The van der Waals surface area contributed by atoms with Crippen LogP contribution in [0.1, 0.15) is 11.1 Å². The van der Waals surface area contributed by atoms with Gasteiger partial charge in [0.1, 0.15) is 5.75 Å². The SMILES string of the molecule is Cc1ccc(COCCO)cc1O. The van der Waals surface area contributed by atoms with Crippen molar-refractivity contribution in [2.75, 3.05) is 13.2 Å². The molecule has 3 heteroatoms. The summed E-state index contributed by atoms with van der Waals surface area (Å²) in [6.07, 6.45) is 0. The molecule has 3 nitrogen and oxygen atoms in total. The second-order valence-corrected chi connectivity index (χ2v) is 2.90. The predicted molar refractivity (Wildman–Crippen MR) is 49.6 cm³/mol. The molecule has 0 aliphatic carbocycles. The van der Waals surface area contributed by atoms with Crippen LogP contribution in [0.15, 0.2) is 18.2 Å². The summed E-state index contributed by atoms with van der Waals surface area (Å²) in [7, 11) is 0. The van der Waals surface area contributed by atoms with Crippen LogP contribution >= 0.6 is 0 Å². The van der Waals surface area contributed by atoms with Crippen LogP contribution in [0.3, 0.4) is 0 Å². The molecule has 1 aromatic carbocycles.